The van der Waals surface area contributed by atoms with E-state index in [1.165, 1.54) is 12.3 Å². The van der Waals surface area contributed by atoms with Crippen LogP contribution < -0.4 is 0 Å². The first kappa shape index (κ1) is 12.6. The molecule has 1 aromatic heterocycles. The van der Waals surface area contributed by atoms with Gasteiger partial charge in [0.05, 0.1) is 5.56 Å². The summed E-state index contributed by atoms with van der Waals surface area (Å²) in [6.07, 6.45) is 1.89. The number of ether oxygens (including phenoxy) is 1. The van der Waals surface area contributed by atoms with Gasteiger partial charge in [-0.05, 0) is 26.8 Å². The fraction of sp³-hybridized carbons (Fsp3) is 0.364. The third kappa shape index (κ3) is 3.31. The Morgan fingerprint density at radius 1 is 1.50 bits per heavy atom. The second-order valence-electron chi connectivity index (χ2n) is 4.23. The highest BCUT2D eigenvalue weighted by Crippen LogP contribution is 2.18. The second kappa shape index (κ2) is 4.61. The van der Waals surface area contributed by atoms with Gasteiger partial charge in [0, 0.05) is 11.8 Å². The van der Waals surface area contributed by atoms with E-state index in [1.807, 2.05) is 0 Å². The maximum Gasteiger partial charge on any atom is 0.341 e. The van der Waals surface area contributed by atoms with Crippen molar-refractivity contribution in [1.29, 1.82) is 0 Å². The van der Waals surface area contributed by atoms with Crippen LogP contribution in [0.2, 0.25) is 5.15 Å². The monoisotopic (exact) mass is 241 g/mol. The van der Waals surface area contributed by atoms with Crippen LogP contribution in [0.25, 0.3) is 0 Å². The Kier molecular flexibility index (Phi) is 3.65. The van der Waals surface area contributed by atoms with Crippen LogP contribution in [0, 0.1) is 0 Å². The van der Waals surface area contributed by atoms with E-state index in [4.69, 9.17) is 16.3 Å². The first-order valence-corrected chi connectivity index (χ1v) is 5.05. The molecule has 0 spiro atoms. The Bertz CT molecular complexity index is 424. The molecule has 0 bridgehead atoms. The minimum atomic E-state index is -0.613. The van der Waals surface area contributed by atoms with Crippen LogP contribution in [0.4, 0.5) is 0 Å². The van der Waals surface area contributed by atoms with Crippen molar-refractivity contribution in [3.05, 3.63) is 28.5 Å². The van der Waals surface area contributed by atoms with E-state index in [-0.39, 0.29) is 16.3 Å². The molecule has 0 saturated heterocycles. The van der Waals surface area contributed by atoms with E-state index in [0.29, 0.717) is 6.29 Å². The molecule has 1 heterocycles. The summed E-state index contributed by atoms with van der Waals surface area (Å²) in [4.78, 5) is 26.0. The molecule has 1 aromatic rings. The highest BCUT2D eigenvalue weighted by molar-refractivity contribution is 6.32. The number of rotatable bonds is 2. The normalized spacial score (nSPS) is 11.0. The number of carbonyl (C=O) groups excluding carboxylic acids is 2. The van der Waals surface area contributed by atoms with E-state index in [2.05, 4.69) is 4.98 Å². The molecule has 0 fully saturated rings. The van der Waals surface area contributed by atoms with E-state index in [0.717, 1.165) is 0 Å². The van der Waals surface area contributed by atoms with Crippen molar-refractivity contribution in [2.24, 2.45) is 0 Å². The topological polar surface area (TPSA) is 56.3 Å². The molecule has 0 aliphatic rings. The molecule has 0 unspecified atom stereocenters. The SMILES string of the molecule is CC(C)(C)OC(=O)c1cc(C=O)cnc1Cl. The first-order chi connectivity index (χ1) is 7.33. The summed E-state index contributed by atoms with van der Waals surface area (Å²) in [5, 5.41) is 0.0276. The molecule has 5 heteroatoms. The Labute approximate surface area is 98.6 Å². The fourth-order valence-corrected chi connectivity index (χ4v) is 1.19. The van der Waals surface area contributed by atoms with Gasteiger partial charge in [-0.15, -0.1) is 0 Å². The predicted octanol–water partition coefficient (Wildman–Crippen LogP) is 2.50. The van der Waals surface area contributed by atoms with Gasteiger partial charge >= 0.3 is 5.97 Å². The molecule has 0 N–H and O–H groups in total. The Hall–Kier alpha value is -1.42. The third-order valence-electron chi connectivity index (χ3n) is 1.62. The highest BCUT2D eigenvalue weighted by atomic mass is 35.5. The summed E-state index contributed by atoms with van der Waals surface area (Å²) in [7, 11) is 0. The van der Waals surface area contributed by atoms with E-state index < -0.39 is 11.6 Å². The summed E-state index contributed by atoms with van der Waals surface area (Å²) in [6, 6.07) is 1.36. The lowest BCUT2D eigenvalue weighted by atomic mass is 10.1. The number of aromatic nitrogens is 1. The van der Waals surface area contributed by atoms with Crippen molar-refractivity contribution in [3.8, 4) is 0 Å². The van der Waals surface area contributed by atoms with Gasteiger partial charge in [-0.2, -0.15) is 0 Å². The molecule has 1 rings (SSSR count). The van der Waals surface area contributed by atoms with E-state index in [9.17, 15) is 9.59 Å². The summed E-state index contributed by atoms with van der Waals surface area (Å²) < 4.78 is 5.12. The van der Waals surface area contributed by atoms with Crippen LogP contribution in [0.3, 0.4) is 0 Å². The molecule has 16 heavy (non-hydrogen) atoms. The fourth-order valence-electron chi connectivity index (χ4n) is 1.00. The van der Waals surface area contributed by atoms with Gasteiger partial charge in [0.15, 0.2) is 6.29 Å². The third-order valence-corrected chi connectivity index (χ3v) is 1.92. The molecular weight excluding hydrogens is 230 g/mol. The van der Waals surface area contributed by atoms with Crippen LogP contribution in [0.5, 0.6) is 0 Å². The number of esters is 1. The molecule has 0 atom stereocenters. The maximum atomic E-state index is 11.7. The Morgan fingerprint density at radius 2 is 2.12 bits per heavy atom. The maximum absolute atomic E-state index is 11.7. The Balaban J connectivity index is 3.03. The van der Waals surface area contributed by atoms with E-state index in [1.54, 1.807) is 20.8 Å². The predicted molar refractivity (Wildman–Crippen MR) is 59.8 cm³/mol. The highest BCUT2D eigenvalue weighted by Gasteiger charge is 2.20. The number of halogens is 1. The zero-order valence-corrected chi connectivity index (χ0v) is 10.0. The number of hydrogen-bond donors (Lipinski definition) is 0. The number of carbonyl (C=O) groups is 2. The molecule has 86 valence electrons. The van der Waals surface area contributed by atoms with Gasteiger partial charge in [-0.25, -0.2) is 9.78 Å². The number of pyridine rings is 1. The van der Waals surface area contributed by atoms with Crippen molar-refractivity contribution in [1.82, 2.24) is 4.98 Å². The lowest BCUT2D eigenvalue weighted by Crippen LogP contribution is -2.24. The number of nitrogens with zero attached hydrogens (tertiary/aromatic N) is 1. The average molecular weight is 242 g/mol. The molecular formula is C11H12ClNO3. The van der Waals surface area contributed by atoms with Crippen LogP contribution in [-0.4, -0.2) is 22.8 Å². The largest absolute Gasteiger partial charge is 0.456 e. The van der Waals surface area contributed by atoms with Crippen LogP contribution in [-0.2, 0) is 4.74 Å². The summed E-state index contributed by atoms with van der Waals surface area (Å²) >= 11 is 5.75. The molecule has 0 radical (unpaired) electrons. The van der Waals surface area contributed by atoms with Gasteiger partial charge in [0.1, 0.15) is 10.8 Å². The van der Waals surface area contributed by atoms with Crippen molar-refractivity contribution in [2.75, 3.05) is 0 Å². The molecule has 0 aliphatic carbocycles. The zero-order chi connectivity index (χ0) is 12.3. The Morgan fingerprint density at radius 3 is 2.62 bits per heavy atom. The van der Waals surface area contributed by atoms with Gasteiger partial charge < -0.3 is 4.74 Å². The van der Waals surface area contributed by atoms with Gasteiger partial charge in [0.25, 0.3) is 0 Å². The standard InChI is InChI=1S/C11H12ClNO3/c1-11(2,3)16-10(15)8-4-7(6-14)5-13-9(8)12/h4-6H,1-3H3. The lowest BCUT2D eigenvalue weighted by molar-refractivity contribution is 0.00693. The van der Waals surface area contributed by atoms with E-state index >= 15 is 0 Å². The number of aldehydes is 1. The molecule has 4 nitrogen and oxygen atoms in total. The van der Waals surface area contributed by atoms with Crippen LogP contribution in [0.1, 0.15) is 41.5 Å². The van der Waals surface area contributed by atoms with Crippen molar-refractivity contribution >= 4 is 23.9 Å². The quantitative estimate of drug-likeness (QED) is 0.454. The van der Waals surface area contributed by atoms with Gasteiger partial charge in [-0.3, -0.25) is 4.79 Å². The molecule has 0 aromatic carbocycles. The number of hydrogen-bond acceptors (Lipinski definition) is 4. The zero-order valence-electron chi connectivity index (χ0n) is 9.28. The van der Waals surface area contributed by atoms with Crippen molar-refractivity contribution in [3.63, 3.8) is 0 Å². The van der Waals surface area contributed by atoms with Gasteiger partial charge in [0.2, 0.25) is 0 Å². The van der Waals surface area contributed by atoms with Crippen molar-refractivity contribution < 1.29 is 14.3 Å². The molecule has 0 saturated carbocycles. The summed E-state index contributed by atoms with van der Waals surface area (Å²) in [5.41, 5.74) is -0.233. The molecule has 0 aliphatic heterocycles. The summed E-state index contributed by atoms with van der Waals surface area (Å²) in [6.45, 7) is 5.24. The van der Waals surface area contributed by atoms with Crippen LogP contribution >= 0.6 is 11.6 Å². The van der Waals surface area contributed by atoms with Crippen molar-refractivity contribution in [2.45, 2.75) is 26.4 Å². The lowest BCUT2D eigenvalue weighted by Gasteiger charge is -2.19. The minimum Gasteiger partial charge on any atom is -0.456 e. The average Bonchev–Trinajstić information content (AvgIpc) is 2.15. The molecule has 0 amide bonds. The second-order valence-corrected chi connectivity index (χ2v) is 4.58. The smallest absolute Gasteiger partial charge is 0.341 e. The first-order valence-electron chi connectivity index (χ1n) is 4.67. The minimum absolute atomic E-state index is 0.0276. The van der Waals surface area contributed by atoms with Crippen LogP contribution in [0.15, 0.2) is 12.3 Å². The van der Waals surface area contributed by atoms with Gasteiger partial charge in [-0.1, -0.05) is 11.6 Å². The summed E-state index contributed by atoms with van der Waals surface area (Å²) in [5.74, 6) is -0.589.